The number of halogens is 1. The van der Waals surface area contributed by atoms with Crippen LogP contribution in [-0.4, -0.2) is 36.3 Å². The van der Waals surface area contributed by atoms with Crippen molar-refractivity contribution in [3.8, 4) is 0 Å². The highest BCUT2D eigenvalue weighted by molar-refractivity contribution is 5.79. The van der Waals surface area contributed by atoms with E-state index in [1.54, 1.807) is 17.9 Å². The molecule has 0 atom stereocenters. The maximum absolute atomic E-state index is 13.0. The Kier molecular flexibility index (Phi) is 5.31. The van der Waals surface area contributed by atoms with Crippen LogP contribution in [0.3, 0.4) is 0 Å². The minimum Gasteiger partial charge on any atom is -0.356 e. The summed E-state index contributed by atoms with van der Waals surface area (Å²) in [5.41, 5.74) is 0.877. The monoisotopic (exact) mass is 292 g/mol. The van der Waals surface area contributed by atoms with E-state index in [0.717, 1.165) is 5.56 Å². The number of nitrogens with one attached hydrogen (secondary N) is 1. The number of carbonyl (C=O) groups is 2. The van der Waals surface area contributed by atoms with Crippen LogP contribution in [0.15, 0.2) is 24.3 Å². The predicted octanol–water partition coefficient (Wildman–Crippen LogP) is 1.74. The standard InChI is InChI=1S/C16H21FN2O2/c1-12(20)19-9-6-14(7-10-19)16(21)18-8-5-13-3-2-4-15(17)11-13/h2-4,11,14H,5-10H2,1H3,(H,18,21). The molecule has 1 aliphatic heterocycles. The minimum absolute atomic E-state index is 0.0203. The van der Waals surface area contributed by atoms with E-state index in [0.29, 0.717) is 38.9 Å². The molecule has 1 aliphatic rings. The van der Waals surface area contributed by atoms with Gasteiger partial charge in [-0.15, -0.1) is 0 Å². The maximum atomic E-state index is 13.0. The predicted molar refractivity (Wildman–Crippen MR) is 78.1 cm³/mol. The van der Waals surface area contributed by atoms with Crippen molar-refractivity contribution in [1.29, 1.82) is 0 Å². The second-order valence-electron chi connectivity index (χ2n) is 5.45. The fourth-order valence-corrected chi connectivity index (χ4v) is 2.62. The second-order valence-corrected chi connectivity index (χ2v) is 5.45. The van der Waals surface area contributed by atoms with Crippen LogP contribution in [0.25, 0.3) is 0 Å². The summed E-state index contributed by atoms with van der Waals surface area (Å²) in [6.45, 7) is 3.36. The number of likely N-dealkylation sites (tertiary alicyclic amines) is 1. The smallest absolute Gasteiger partial charge is 0.223 e. The van der Waals surface area contributed by atoms with Crippen LogP contribution in [0.2, 0.25) is 0 Å². The number of benzene rings is 1. The normalized spacial score (nSPS) is 15.8. The van der Waals surface area contributed by atoms with Gasteiger partial charge in [0.1, 0.15) is 5.82 Å². The van der Waals surface area contributed by atoms with Gasteiger partial charge in [-0.3, -0.25) is 9.59 Å². The van der Waals surface area contributed by atoms with Crippen molar-refractivity contribution in [3.63, 3.8) is 0 Å². The summed E-state index contributed by atoms with van der Waals surface area (Å²) < 4.78 is 13.0. The van der Waals surface area contributed by atoms with Gasteiger partial charge in [0.25, 0.3) is 0 Å². The van der Waals surface area contributed by atoms with E-state index in [2.05, 4.69) is 5.32 Å². The molecular formula is C16H21FN2O2. The molecular weight excluding hydrogens is 271 g/mol. The molecule has 0 spiro atoms. The molecule has 1 aromatic rings. The third-order valence-corrected chi connectivity index (χ3v) is 3.91. The van der Waals surface area contributed by atoms with Crippen LogP contribution in [0.4, 0.5) is 4.39 Å². The lowest BCUT2D eigenvalue weighted by atomic mass is 9.96. The Morgan fingerprint density at radius 2 is 2.05 bits per heavy atom. The molecule has 4 nitrogen and oxygen atoms in total. The summed E-state index contributed by atoms with van der Waals surface area (Å²) in [6.07, 6.45) is 2.05. The molecule has 1 heterocycles. The zero-order valence-electron chi connectivity index (χ0n) is 12.3. The summed E-state index contributed by atoms with van der Waals surface area (Å²) in [6, 6.07) is 6.41. The number of hydrogen-bond donors (Lipinski definition) is 1. The molecule has 0 saturated carbocycles. The highest BCUT2D eigenvalue weighted by Crippen LogP contribution is 2.17. The number of nitrogens with zero attached hydrogens (tertiary/aromatic N) is 1. The van der Waals surface area contributed by atoms with Crippen molar-refractivity contribution in [2.24, 2.45) is 5.92 Å². The van der Waals surface area contributed by atoms with E-state index in [-0.39, 0.29) is 23.5 Å². The Hall–Kier alpha value is -1.91. The first kappa shape index (κ1) is 15.5. The first-order chi connectivity index (χ1) is 10.1. The average Bonchev–Trinajstić information content (AvgIpc) is 2.47. The molecule has 0 unspecified atom stereocenters. The zero-order valence-corrected chi connectivity index (χ0v) is 12.3. The molecule has 0 bridgehead atoms. The Morgan fingerprint density at radius 1 is 1.33 bits per heavy atom. The van der Waals surface area contributed by atoms with Crippen molar-refractivity contribution in [1.82, 2.24) is 10.2 Å². The van der Waals surface area contributed by atoms with Gasteiger partial charge < -0.3 is 10.2 Å². The lowest BCUT2D eigenvalue weighted by Gasteiger charge is -2.30. The summed E-state index contributed by atoms with van der Waals surface area (Å²) in [7, 11) is 0. The summed E-state index contributed by atoms with van der Waals surface area (Å²) in [5.74, 6) is -0.168. The lowest BCUT2D eigenvalue weighted by molar-refractivity contribution is -0.133. The Bertz CT molecular complexity index is 511. The molecule has 0 aromatic heterocycles. The molecule has 21 heavy (non-hydrogen) atoms. The van der Waals surface area contributed by atoms with Crippen LogP contribution in [0, 0.1) is 11.7 Å². The number of rotatable bonds is 4. The molecule has 2 amide bonds. The van der Waals surface area contributed by atoms with Crippen LogP contribution in [0.5, 0.6) is 0 Å². The van der Waals surface area contributed by atoms with Gasteiger partial charge in [0.05, 0.1) is 0 Å². The van der Waals surface area contributed by atoms with Gasteiger partial charge in [0.2, 0.25) is 11.8 Å². The molecule has 0 radical (unpaired) electrons. The fraction of sp³-hybridized carbons (Fsp3) is 0.500. The molecule has 1 aromatic carbocycles. The van der Waals surface area contributed by atoms with Gasteiger partial charge in [-0.05, 0) is 37.0 Å². The largest absolute Gasteiger partial charge is 0.356 e. The van der Waals surface area contributed by atoms with Crippen LogP contribution in [0.1, 0.15) is 25.3 Å². The van der Waals surface area contributed by atoms with Gasteiger partial charge in [-0.2, -0.15) is 0 Å². The first-order valence-electron chi connectivity index (χ1n) is 7.34. The van der Waals surface area contributed by atoms with Crippen LogP contribution < -0.4 is 5.32 Å². The minimum atomic E-state index is -0.254. The van der Waals surface area contributed by atoms with E-state index >= 15 is 0 Å². The molecule has 5 heteroatoms. The summed E-state index contributed by atoms with van der Waals surface area (Å²) in [5, 5.41) is 2.90. The van der Waals surface area contributed by atoms with E-state index in [1.807, 2.05) is 6.07 Å². The van der Waals surface area contributed by atoms with E-state index < -0.39 is 0 Å². The van der Waals surface area contributed by atoms with Crippen LogP contribution >= 0.6 is 0 Å². The highest BCUT2D eigenvalue weighted by atomic mass is 19.1. The van der Waals surface area contributed by atoms with Gasteiger partial charge in [-0.1, -0.05) is 12.1 Å². The van der Waals surface area contributed by atoms with Gasteiger partial charge >= 0.3 is 0 Å². The van der Waals surface area contributed by atoms with Gasteiger partial charge in [0.15, 0.2) is 0 Å². The topological polar surface area (TPSA) is 49.4 Å². The molecule has 2 rings (SSSR count). The quantitative estimate of drug-likeness (QED) is 0.919. The fourth-order valence-electron chi connectivity index (χ4n) is 2.62. The summed E-state index contributed by atoms with van der Waals surface area (Å²) >= 11 is 0. The molecule has 114 valence electrons. The van der Waals surface area contributed by atoms with Crippen molar-refractivity contribution in [3.05, 3.63) is 35.6 Å². The molecule has 1 fully saturated rings. The van der Waals surface area contributed by atoms with E-state index in [4.69, 9.17) is 0 Å². The van der Waals surface area contributed by atoms with Gasteiger partial charge in [0, 0.05) is 32.5 Å². The summed E-state index contributed by atoms with van der Waals surface area (Å²) in [4.78, 5) is 25.0. The average molecular weight is 292 g/mol. The Labute approximate surface area is 124 Å². The molecule has 1 N–H and O–H groups in total. The third-order valence-electron chi connectivity index (χ3n) is 3.91. The van der Waals surface area contributed by atoms with E-state index in [9.17, 15) is 14.0 Å². The van der Waals surface area contributed by atoms with Crippen molar-refractivity contribution in [2.75, 3.05) is 19.6 Å². The van der Waals surface area contributed by atoms with Crippen molar-refractivity contribution in [2.45, 2.75) is 26.2 Å². The number of hydrogen-bond acceptors (Lipinski definition) is 2. The SMILES string of the molecule is CC(=O)N1CCC(C(=O)NCCc2cccc(F)c2)CC1. The second kappa shape index (κ2) is 7.20. The third kappa shape index (κ3) is 4.55. The van der Waals surface area contributed by atoms with Gasteiger partial charge in [-0.25, -0.2) is 4.39 Å². The lowest BCUT2D eigenvalue weighted by Crippen LogP contribution is -2.42. The van der Waals surface area contributed by atoms with Crippen LogP contribution in [-0.2, 0) is 16.0 Å². The Balaban J connectivity index is 1.72. The van der Waals surface area contributed by atoms with E-state index in [1.165, 1.54) is 12.1 Å². The number of carbonyl (C=O) groups excluding carboxylic acids is 2. The number of piperidine rings is 1. The van der Waals surface area contributed by atoms with Crippen molar-refractivity contribution >= 4 is 11.8 Å². The molecule has 0 aliphatic carbocycles. The Morgan fingerprint density at radius 3 is 2.67 bits per heavy atom. The highest BCUT2D eigenvalue weighted by Gasteiger charge is 2.25. The molecule has 1 saturated heterocycles. The number of amides is 2. The zero-order chi connectivity index (χ0) is 15.2. The first-order valence-corrected chi connectivity index (χ1v) is 7.34. The maximum Gasteiger partial charge on any atom is 0.223 e. The van der Waals surface area contributed by atoms with Crippen molar-refractivity contribution < 1.29 is 14.0 Å².